The van der Waals surface area contributed by atoms with E-state index in [4.69, 9.17) is 0 Å². The Kier molecular flexibility index (Phi) is 6.56. The Hall–Kier alpha value is -2.71. The Labute approximate surface area is 162 Å². The maximum Gasteiger partial charge on any atom is 0.252 e. The van der Waals surface area contributed by atoms with Crippen molar-refractivity contribution < 1.29 is 4.79 Å². The Morgan fingerprint density at radius 2 is 1.89 bits per heavy atom. The molecule has 1 unspecified atom stereocenters. The number of benzene rings is 2. The molecule has 0 fully saturated rings. The SMILES string of the molecule is CNC(C)CNC(=O)c1ccccc1SCc1nnnn1-c1ccccc1. The van der Waals surface area contributed by atoms with Crippen LogP contribution in [-0.2, 0) is 5.75 Å². The summed E-state index contributed by atoms with van der Waals surface area (Å²) in [5.41, 5.74) is 1.56. The monoisotopic (exact) mass is 382 g/mol. The van der Waals surface area contributed by atoms with E-state index < -0.39 is 0 Å². The molecule has 7 nitrogen and oxygen atoms in total. The number of hydrogen-bond acceptors (Lipinski definition) is 6. The number of nitrogens with zero attached hydrogens (tertiary/aromatic N) is 4. The number of rotatable bonds is 8. The van der Waals surface area contributed by atoms with Crippen LogP contribution < -0.4 is 10.6 Å². The minimum absolute atomic E-state index is 0.0807. The quantitative estimate of drug-likeness (QED) is 0.582. The highest BCUT2D eigenvalue weighted by molar-refractivity contribution is 7.98. The number of carbonyl (C=O) groups is 1. The van der Waals surface area contributed by atoms with Gasteiger partial charge in [0, 0.05) is 17.5 Å². The number of likely N-dealkylation sites (N-methyl/N-ethyl adjacent to an activating group) is 1. The lowest BCUT2D eigenvalue weighted by atomic mass is 10.2. The average molecular weight is 382 g/mol. The molecule has 8 heteroatoms. The van der Waals surface area contributed by atoms with Crippen molar-refractivity contribution in [2.45, 2.75) is 23.6 Å². The molecule has 0 aliphatic heterocycles. The van der Waals surface area contributed by atoms with Crippen LogP contribution in [0.15, 0.2) is 59.5 Å². The second-order valence-corrected chi connectivity index (χ2v) is 7.04. The van der Waals surface area contributed by atoms with Gasteiger partial charge in [-0.15, -0.1) is 16.9 Å². The molecule has 1 atom stereocenters. The van der Waals surface area contributed by atoms with E-state index in [-0.39, 0.29) is 11.9 Å². The van der Waals surface area contributed by atoms with Crippen molar-refractivity contribution >= 4 is 17.7 Å². The van der Waals surface area contributed by atoms with Crippen molar-refractivity contribution in [1.82, 2.24) is 30.8 Å². The number of para-hydroxylation sites is 1. The highest BCUT2D eigenvalue weighted by Gasteiger charge is 2.14. The minimum Gasteiger partial charge on any atom is -0.350 e. The standard InChI is InChI=1S/C19H22N6OS/c1-14(20-2)12-21-19(26)16-10-6-7-11-17(16)27-13-18-22-23-24-25(18)15-8-4-3-5-9-15/h3-11,14,20H,12-13H2,1-2H3,(H,21,26). The van der Waals surface area contributed by atoms with E-state index in [1.54, 1.807) is 16.4 Å². The zero-order valence-electron chi connectivity index (χ0n) is 15.3. The maximum atomic E-state index is 12.5. The van der Waals surface area contributed by atoms with E-state index in [1.165, 1.54) is 0 Å². The number of tetrazole rings is 1. The number of carbonyl (C=O) groups excluding carboxylic acids is 1. The molecule has 0 spiro atoms. The number of nitrogens with one attached hydrogen (secondary N) is 2. The molecule has 0 aliphatic carbocycles. The lowest BCUT2D eigenvalue weighted by molar-refractivity contribution is 0.0947. The van der Waals surface area contributed by atoms with Gasteiger partial charge in [0.25, 0.3) is 5.91 Å². The molecule has 2 aromatic carbocycles. The van der Waals surface area contributed by atoms with Crippen LogP contribution in [0.1, 0.15) is 23.1 Å². The van der Waals surface area contributed by atoms with Crippen LogP contribution in [0.2, 0.25) is 0 Å². The van der Waals surface area contributed by atoms with Crippen molar-refractivity contribution in [3.8, 4) is 5.69 Å². The van der Waals surface area contributed by atoms with Gasteiger partial charge in [-0.2, -0.15) is 4.68 Å². The number of amides is 1. The van der Waals surface area contributed by atoms with Crippen molar-refractivity contribution in [1.29, 1.82) is 0 Å². The summed E-state index contributed by atoms with van der Waals surface area (Å²) in [6.45, 7) is 2.59. The van der Waals surface area contributed by atoms with Gasteiger partial charge in [-0.1, -0.05) is 30.3 Å². The molecular weight excluding hydrogens is 360 g/mol. The summed E-state index contributed by atoms with van der Waals surface area (Å²) in [4.78, 5) is 13.4. The van der Waals surface area contributed by atoms with Crippen LogP contribution in [0, 0.1) is 0 Å². The van der Waals surface area contributed by atoms with Crippen molar-refractivity contribution in [3.05, 3.63) is 66.0 Å². The van der Waals surface area contributed by atoms with Crippen molar-refractivity contribution in [2.75, 3.05) is 13.6 Å². The van der Waals surface area contributed by atoms with Crippen LogP contribution in [0.3, 0.4) is 0 Å². The molecule has 0 saturated heterocycles. The summed E-state index contributed by atoms with van der Waals surface area (Å²) in [6, 6.07) is 17.5. The summed E-state index contributed by atoms with van der Waals surface area (Å²) in [5.74, 6) is 1.20. The third-order valence-electron chi connectivity index (χ3n) is 4.08. The summed E-state index contributed by atoms with van der Waals surface area (Å²) >= 11 is 1.54. The molecule has 0 saturated carbocycles. The predicted octanol–water partition coefficient (Wildman–Crippen LogP) is 2.29. The highest BCUT2D eigenvalue weighted by Crippen LogP contribution is 2.26. The second kappa shape index (κ2) is 9.29. The molecule has 3 aromatic rings. The fourth-order valence-electron chi connectivity index (χ4n) is 2.43. The van der Waals surface area contributed by atoms with E-state index in [0.29, 0.717) is 17.9 Å². The van der Waals surface area contributed by atoms with Gasteiger partial charge in [0.15, 0.2) is 5.82 Å². The topological polar surface area (TPSA) is 84.7 Å². The van der Waals surface area contributed by atoms with Crippen LogP contribution in [0.4, 0.5) is 0 Å². The molecule has 1 aromatic heterocycles. The fourth-order valence-corrected chi connectivity index (χ4v) is 3.39. The van der Waals surface area contributed by atoms with Crippen molar-refractivity contribution in [3.63, 3.8) is 0 Å². The molecule has 0 bridgehead atoms. The Balaban J connectivity index is 1.71. The molecule has 1 heterocycles. The molecule has 2 N–H and O–H groups in total. The Bertz CT molecular complexity index is 883. The molecule has 3 rings (SSSR count). The van der Waals surface area contributed by atoms with Crippen molar-refractivity contribution in [2.24, 2.45) is 0 Å². The fraction of sp³-hybridized carbons (Fsp3) is 0.263. The Morgan fingerprint density at radius 1 is 1.15 bits per heavy atom. The first-order chi connectivity index (χ1) is 13.2. The van der Waals surface area contributed by atoms with Gasteiger partial charge in [-0.25, -0.2) is 0 Å². The average Bonchev–Trinajstić information content (AvgIpc) is 3.19. The first-order valence-electron chi connectivity index (χ1n) is 8.69. The molecule has 1 amide bonds. The summed E-state index contributed by atoms with van der Waals surface area (Å²) < 4.78 is 1.71. The van der Waals surface area contributed by atoms with Crippen LogP contribution in [-0.4, -0.2) is 45.7 Å². The van der Waals surface area contributed by atoms with Crippen LogP contribution in [0.25, 0.3) is 5.69 Å². The second-order valence-electron chi connectivity index (χ2n) is 6.03. The lowest BCUT2D eigenvalue weighted by Crippen LogP contribution is -2.37. The first-order valence-corrected chi connectivity index (χ1v) is 9.67. The Morgan fingerprint density at radius 3 is 2.67 bits per heavy atom. The van der Waals surface area contributed by atoms with Crippen LogP contribution >= 0.6 is 11.8 Å². The van der Waals surface area contributed by atoms with Gasteiger partial charge >= 0.3 is 0 Å². The first kappa shape index (κ1) is 19.1. The summed E-state index contributed by atoms with van der Waals surface area (Å²) in [6.07, 6.45) is 0. The minimum atomic E-state index is -0.0807. The van der Waals surface area contributed by atoms with E-state index in [1.807, 2.05) is 68.6 Å². The largest absolute Gasteiger partial charge is 0.350 e. The van der Waals surface area contributed by atoms with Crippen LogP contribution in [0.5, 0.6) is 0 Å². The highest BCUT2D eigenvalue weighted by atomic mass is 32.2. The predicted molar refractivity (Wildman–Crippen MR) is 106 cm³/mol. The molecule has 140 valence electrons. The summed E-state index contributed by atoms with van der Waals surface area (Å²) in [7, 11) is 1.87. The van der Waals surface area contributed by atoms with E-state index >= 15 is 0 Å². The zero-order valence-corrected chi connectivity index (χ0v) is 16.1. The van der Waals surface area contributed by atoms with Gasteiger partial charge in [-0.3, -0.25) is 4.79 Å². The van der Waals surface area contributed by atoms with Gasteiger partial charge in [0.2, 0.25) is 0 Å². The molecule has 0 aliphatic rings. The van der Waals surface area contributed by atoms with E-state index in [9.17, 15) is 4.79 Å². The molecular formula is C19H22N6OS. The van der Waals surface area contributed by atoms with Gasteiger partial charge < -0.3 is 10.6 Å². The van der Waals surface area contributed by atoms with Gasteiger partial charge in [0.1, 0.15) is 0 Å². The smallest absolute Gasteiger partial charge is 0.252 e. The maximum absolute atomic E-state index is 12.5. The zero-order chi connectivity index (χ0) is 19.1. The normalized spacial score (nSPS) is 11.9. The number of aromatic nitrogens is 4. The number of hydrogen-bond donors (Lipinski definition) is 2. The third kappa shape index (κ3) is 4.93. The third-order valence-corrected chi connectivity index (χ3v) is 5.15. The number of thioether (sulfide) groups is 1. The van der Waals surface area contributed by atoms with Gasteiger partial charge in [0.05, 0.1) is 17.0 Å². The van der Waals surface area contributed by atoms with E-state index in [2.05, 4.69) is 26.2 Å². The van der Waals surface area contributed by atoms with E-state index in [0.717, 1.165) is 16.4 Å². The molecule has 0 radical (unpaired) electrons. The van der Waals surface area contributed by atoms with Gasteiger partial charge in [-0.05, 0) is 48.7 Å². The summed E-state index contributed by atoms with van der Waals surface area (Å²) in [5, 5.41) is 18.1. The molecule has 27 heavy (non-hydrogen) atoms. The lowest BCUT2D eigenvalue weighted by Gasteiger charge is -2.13.